The number of hydrogen-bond donors (Lipinski definition) is 2. The summed E-state index contributed by atoms with van der Waals surface area (Å²) < 4.78 is 10.6. The normalized spacial score (nSPS) is 16.2. The zero-order valence-electron chi connectivity index (χ0n) is 17.6. The zero-order valence-corrected chi connectivity index (χ0v) is 18.4. The van der Waals surface area contributed by atoms with E-state index >= 15 is 0 Å². The third-order valence-corrected chi connectivity index (χ3v) is 6.43. The highest BCUT2D eigenvalue weighted by Crippen LogP contribution is 2.36. The van der Waals surface area contributed by atoms with Gasteiger partial charge < -0.3 is 19.8 Å². The highest BCUT2D eigenvalue weighted by molar-refractivity contribution is 8.18. The van der Waals surface area contributed by atoms with Crippen molar-refractivity contribution in [3.05, 3.63) is 64.7 Å². The van der Waals surface area contributed by atoms with Crippen molar-refractivity contribution in [2.45, 2.75) is 12.8 Å². The Bertz CT molecular complexity index is 1280. The molecule has 1 saturated heterocycles. The van der Waals surface area contributed by atoms with Crippen LogP contribution in [-0.2, 0) is 16.0 Å². The molecule has 1 aromatic heterocycles. The maximum Gasteiger partial charge on any atom is 0.293 e. The molecule has 0 saturated carbocycles. The van der Waals surface area contributed by atoms with E-state index in [4.69, 9.17) is 9.47 Å². The number of carbonyl (C=O) groups excluding carboxylic acids is 3. The summed E-state index contributed by atoms with van der Waals surface area (Å²) >= 11 is 0.889. The van der Waals surface area contributed by atoms with Gasteiger partial charge in [0.2, 0.25) is 12.7 Å². The molecule has 33 heavy (non-hydrogen) atoms. The fourth-order valence-corrected chi connectivity index (χ4v) is 4.69. The monoisotopic (exact) mass is 463 g/mol. The second kappa shape index (κ2) is 9.03. The first-order valence-electron chi connectivity index (χ1n) is 10.6. The number of ether oxygens (including phenoxy) is 2. The van der Waals surface area contributed by atoms with Crippen LogP contribution in [0.2, 0.25) is 0 Å². The van der Waals surface area contributed by atoms with Gasteiger partial charge in [-0.05, 0) is 53.6 Å². The van der Waals surface area contributed by atoms with E-state index in [0.29, 0.717) is 29.2 Å². The number of imide groups is 1. The van der Waals surface area contributed by atoms with Crippen molar-refractivity contribution < 1.29 is 23.9 Å². The van der Waals surface area contributed by atoms with Crippen molar-refractivity contribution in [1.29, 1.82) is 0 Å². The first-order valence-corrected chi connectivity index (χ1v) is 11.4. The lowest BCUT2D eigenvalue weighted by atomic mass is 10.1. The van der Waals surface area contributed by atoms with Crippen molar-refractivity contribution in [3.8, 4) is 11.5 Å². The fraction of sp³-hybridized carbons (Fsp3) is 0.208. The number of nitrogens with zero attached hydrogens (tertiary/aromatic N) is 1. The highest BCUT2D eigenvalue weighted by Gasteiger charge is 2.34. The van der Waals surface area contributed by atoms with Crippen LogP contribution in [0.25, 0.3) is 17.0 Å². The number of rotatable bonds is 7. The Morgan fingerprint density at radius 3 is 2.91 bits per heavy atom. The Morgan fingerprint density at radius 2 is 2.00 bits per heavy atom. The number of amides is 3. The lowest BCUT2D eigenvalue weighted by Gasteiger charge is -2.13. The van der Waals surface area contributed by atoms with E-state index < -0.39 is 0 Å². The van der Waals surface area contributed by atoms with Crippen LogP contribution < -0.4 is 14.8 Å². The van der Waals surface area contributed by atoms with Gasteiger partial charge in [0.1, 0.15) is 0 Å². The lowest BCUT2D eigenvalue weighted by Crippen LogP contribution is -2.37. The molecule has 2 aliphatic rings. The lowest BCUT2D eigenvalue weighted by molar-refractivity contribution is -0.124. The van der Waals surface area contributed by atoms with Crippen LogP contribution in [0.5, 0.6) is 11.5 Å². The van der Waals surface area contributed by atoms with Gasteiger partial charge in [0.25, 0.3) is 11.1 Å². The Kier molecular flexibility index (Phi) is 5.78. The Morgan fingerprint density at radius 1 is 1.15 bits per heavy atom. The van der Waals surface area contributed by atoms with Gasteiger partial charge in [0.05, 0.1) is 4.91 Å². The molecule has 2 N–H and O–H groups in total. The summed E-state index contributed by atoms with van der Waals surface area (Å²) in [5, 5.41) is 3.56. The quantitative estimate of drug-likeness (QED) is 0.519. The predicted molar refractivity (Wildman–Crippen MR) is 125 cm³/mol. The average Bonchev–Trinajstić information content (AvgIpc) is 3.51. The van der Waals surface area contributed by atoms with E-state index in [2.05, 4.69) is 10.3 Å². The maximum atomic E-state index is 12.7. The second-order valence-corrected chi connectivity index (χ2v) is 8.65. The zero-order chi connectivity index (χ0) is 22.8. The number of carbonyl (C=O) groups is 3. The number of nitrogens with one attached hydrogen (secondary N) is 2. The van der Waals surface area contributed by atoms with Crippen molar-refractivity contribution >= 4 is 45.8 Å². The summed E-state index contributed by atoms with van der Waals surface area (Å²) in [6.45, 7) is 0.507. The fourth-order valence-electron chi connectivity index (χ4n) is 3.83. The average molecular weight is 464 g/mol. The first-order chi connectivity index (χ1) is 16.1. The number of aryl methyl sites for hydroxylation is 1. The molecule has 0 spiro atoms. The minimum absolute atomic E-state index is 0.122. The molecule has 0 aliphatic carbocycles. The number of H-pyrrole nitrogens is 1. The number of fused-ring (bicyclic) bond motifs is 2. The first kappa shape index (κ1) is 21.1. The SMILES string of the molecule is O=C(CCc1c[nH]c2ccccc12)NCCN1C(=O)S/C(=C\c2ccc3c(c2)OCO3)C1=O. The maximum absolute atomic E-state index is 12.7. The van der Waals surface area contributed by atoms with Gasteiger partial charge in [-0.15, -0.1) is 0 Å². The minimum Gasteiger partial charge on any atom is -0.454 e. The third-order valence-electron chi connectivity index (χ3n) is 5.52. The predicted octanol–water partition coefficient (Wildman–Crippen LogP) is 3.68. The molecule has 3 aromatic rings. The van der Waals surface area contributed by atoms with Gasteiger partial charge in [-0.2, -0.15) is 0 Å². The van der Waals surface area contributed by atoms with Gasteiger partial charge in [0, 0.05) is 36.6 Å². The summed E-state index contributed by atoms with van der Waals surface area (Å²) in [5.74, 6) is 0.776. The largest absolute Gasteiger partial charge is 0.454 e. The van der Waals surface area contributed by atoms with Crippen LogP contribution in [0.4, 0.5) is 4.79 Å². The molecular formula is C24H21N3O5S. The summed E-state index contributed by atoms with van der Waals surface area (Å²) in [6.07, 6.45) is 4.51. The molecule has 5 rings (SSSR count). The van der Waals surface area contributed by atoms with Crippen molar-refractivity contribution in [2.24, 2.45) is 0 Å². The Balaban J connectivity index is 1.13. The number of aromatic amines is 1. The standard InChI is InChI=1S/C24H21N3O5S/c28-22(8-6-16-13-26-18-4-2-1-3-17(16)18)25-9-10-27-23(29)21(33-24(27)30)12-15-5-7-19-20(11-15)32-14-31-19/h1-5,7,11-13,26H,6,8-10,14H2,(H,25,28)/b21-12-. The smallest absolute Gasteiger partial charge is 0.293 e. The molecule has 8 nitrogen and oxygen atoms in total. The molecule has 9 heteroatoms. The molecule has 0 atom stereocenters. The third kappa shape index (κ3) is 4.45. The highest BCUT2D eigenvalue weighted by atomic mass is 32.2. The van der Waals surface area contributed by atoms with Gasteiger partial charge in [-0.25, -0.2) is 0 Å². The molecule has 168 valence electrons. The summed E-state index contributed by atoms with van der Waals surface area (Å²) in [7, 11) is 0. The molecule has 1 fully saturated rings. The number of aromatic nitrogens is 1. The molecule has 2 aromatic carbocycles. The molecule has 0 unspecified atom stereocenters. The van der Waals surface area contributed by atoms with Gasteiger partial charge >= 0.3 is 0 Å². The molecule has 2 aliphatic heterocycles. The molecular weight excluding hydrogens is 442 g/mol. The number of para-hydroxylation sites is 1. The number of hydrogen-bond acceptors (Lipinski definition) is 6. The van der Waals surface area contributed by atoms with Crippen LogP contribution in [0.1, 0.15) is 17.5 Å². The van der Waals surface area contributed by atoms with E-state index in [-0.39, 0.29) is 36.9 Å². The molecule has 0 radical (unpaired) electrons. The van der Waals surface area contributed by atoms with Crippen LogP contribution >= 0.6 is 11.8 Å². The topological polar surface area (TPSA) is 101 Å². The second-order valence-electron chi connectivity index (χ2n) is 7.66. The summed E-state index contributed by atoms with van der Waals surface area (Å²) in [4.78, 5) is 42.0. The summed E-state index contributed by atoms with van der Waals surface area (Å²) in [5.41, 5.74) is 2.87. The van der Waals surface area contributed by atoms with Crippen molar-refractivity contribution in [1.82, 2.24) is 15.2 Å². The van der Waals surface area contributed by atoms with E-state index in [1.54, 1.807) is 24.3 Å². The van der Waals surface area contributed by atoms with Crippen LogP contribution in [0.15, 0.2) is 53.6 Å². The van der Waals surface area contributed by atoms with E-state index in [1.807, 2.05) is 30.5 Å². The number of thioether (sulfide) groups is 1. The van der Waals surface area contributed by atoms with Crippen LogP contribution in [-0.4, -0.2) is 46.8 Å². The van der Waals surface area contributed by atoms with Gasteiger partial charge in [-0.3, -0.25) is 19.3 Å². The minimum atomic E-state index is -0.365. The Labute approximate surface area is 193 Å². The van der Waals surface area contributed by atoms with Crippen molar-refractivity contribution in [3.63, 3.8) is 0 Å². The molecule has 3 amide bonds. The van der Waals surface area contributed by atoms with E-state index in [0.717, 1.165) is 38.7 Å². The van der Waals surface area contributed by atoms with E-state index in [1.165, 1.54) is 0 Å². The van der Waals surface area contributed by atoms with Crippen LogP contribution in [0, 0.1) is 0 Å². The van der Waals surface area contributed by atoms with Gasteiger partial charge in [-0.1, -0.05) is 24.3 Å². The van der Waals surface area contributed by atoms with E-state index in [9.17, 15) is 14.4 Å². The van der Waals surface area contributed by atoms with Gasteiger partial charge in [0.15, 0.2) is 11.5 Å². The Hall–Kier alpha value is -3.72. The van der Waals surface area contributed by atoms with Crippen molar-refractivity contribution in [2.75, 3.05) is 19.9 Å². The number of benzene rings is 2. The van der Waals surface area contributed by atoms with Crippen LogP contribution in [0.3, 0.4) is 0 Å². The summed E-state index contributed by atoms with van der Waals surface area (Å²) in [6, 6.07) is 13.3. The molecule has 3 heterocycles. The molecule has 0 bridgehead atoms.